The van der Waals surface area contributed by atoms with Crippen molar-refractivity contribution in [2.45, 2.75) is 13.8 Å². The van der Waals surface area contributed by atoms with E-state index in [0.717, 1.165) is 25.5 Å². The molecule has 0 aliphatic carbocycles. The SMILES string of the molecule is CC(C)CN(CCN(C)C)c1ncc(N)cc1C#N. The lowest BCUT2D eigenvalue weighted by Gasteiger charge is -2.27. The summed E-state index contributed by atoms with van der Waals surface area (Å²) in [5.74, 6) is 1.24. The topological polar surface area (TPSA) is 69.2 Å². The zero-order valence-corrected chi connectivity index (χ0v) is 12.2. The van der Waals surface area contributed by atoms with E-state index in [1.165, 1.54) is 0 Å². The molecule has 0 aliphatic rings. The Morgan fingerprint density at radius 2 is 2.05 bits per heavy atom. The Kier molecular flexibility index (Phi) is 5.58. The molecule has 0 spiro atoms. The maximum atomic E-state index is 9.22. The van der Waals surface area contributed by atoms with Crippen LogP contribution in [0.1, 0.15) is 19.4 Å². The highest BCUT2D eigenvalue weighted by molar-refractivity contribution is 5.58. The van der Waals surface area contributed by atoms with E-state index in [-0.39, 0.29) is 0 Å². The Labute approximate surface area is 115 Å². The van der Waals surface area contributed by atoms with Gasteiger partial charge in [0.25, 0.3) is 0 Å². The number of aromatic nitrogens is 1. The summed E-state index contributed by atoms with van der Waals surface area (Å²) in [5.41, 5.74) is 6.75. The molecular formula is C14H23N5. The van der Waals surface area contributed by atoms with Crippen LogP contribution in [0, 0.1) is 17.2 Å². The van der Waals surface area contributed by atoms with Gasteiger partial charge in [-0.05, 0) is 26.1 Å². The average molecular weight is 261 g/mol. The number of hydrogen-bond acceptors (Lipinski definition) is 5. The number of pyridine rings is 1. The Morgan fingerprint density at radius 3 is 2.58 bits per heavy atom. The molecule has 0 bridgehead atoms. The number of likely N-dealkylation sites (N-methyl/N-ethyl adjacent to an activating group) is 1. The minimum Gasteiger partial charge on any atom is -0.397 e. The van der Waals surface area contributed by atoms with Gasteiger partial charge < -0.3 is 15.5 Å². The van der Waals surface area contributed by atoms with Crippen molar-refractivity contribution >= 4 is 11.5 Å². The molecule has 0 saturated carbocycles. The van der Waals surface area contributed by atoms with Crippen molar-refractivity contribution < 1.29 is 0 Å². The fourth-order valence-corrected chi connectivity index (χ4v) is 1.85. The van der Waals surface area contributed by atoms with Crippen LogP contribution >= 0.6 is 0 Å². The van der Waals surface area contributed by atoms with Gasteiger partial charge in [-0.25, -0.2) is 4.98 Å². The third-order valence-corrected chi connectivity index (χ3v) is 2.71. The van der Waals surface area contributed by atoms with Crippen molar-refractivity contribution in [1.29, 1.82) is 5.26 Å². The smallest absolute Gasteiger partial charge is 0.146 e. The second-order valence-corrected chi connectivity index (χ2v) is 5.39. The Hall–Kier alpha value is -1.80. The first-order valence-corrected chi connectivity index (χ1v) is 6.49. The second-order valence-electron chi connectivity index (χ2n) is 5.39. The van der Waals surface area contributed by atoms with E-state index in [1.54, 1.807) is 12.3 Å². The fourth-order valence-electron chi connectivity index (χ4n) is 1.85. The zero-order valence-electron chi connectivity index (χ0n) is 12.2. The Morgan fingerprint density at radius 1 is 1.37 bits per heavy atom. The molecule has 1 rings (SSSR count). The highest BCUT2D eigenvalue weighted by atomic mass is 15.2. The van der Waals surface area contributed by atoms with Crippen LogP contribution < -0.4 is 10.6 Å². The summed E-state index contributed by atoms with van der Waals surface area (Å²) in [6.45, 7) is 6.96. The van der Waals surface area contributed by atoms with Gasteiger partial charge >= 0.3 is 0 Å². The molecule has 0 aliphatic heterocycles. The molecule has 0 amide bonds. The van der Waals surface area contributed by atoms with E-state index in [0.29, 0.717) is 17.2 Å². The highest BCUT2D eigenvalue weighted by Crippen LogP contribution is 2.20. The summed E-state index contributed by atoms with van der Waals surface area (Å²) < 4.78 is 0. The van der Waals surface area contributed by atoms with Gasteiger partial charge in [-0.15, -0.1) is 0 Å². The van der Waals surface area contributed by atoms with Crippen molar-refractivity contribution in [3.05, 3.63) is 17.8 Å². The fraction of sp³-hybridized carbons (Fsp3) is 0.571. The van der Waals surface area contributed by atoms with Gasteiger partial charge in [0.15, 0.2) is 0 Å². The largest absolute Gasteiger partial charge is 0.397 e. The van der Waals surface area contributed by atoms with Gasteiger partial charge in [-0.2, -0.15) is 5.26 Å². The molecule has 1 aromatic rings. The predicted octanol–water partition coefficient (Wildman–Crippen LogP) is 1.56. The minimum absolute atomic E-state index is 0.507. The molecule has 0 atom stereocenters. The van der Waals surface area contributed by atoms with E-state index in [4.69, 9.17) is 5.73 Å². The molecule has 2 N–H and O–H groups in total. The maximum Gasteiger partial charge on any atom is 0.146 e. The number of hydrogen-bond donors (Lipinski definition) is 1. The van der Waals surface area contributed by atoms with Crippen LogP contribution in [-0.2, 0) is 0 Å². The average Bonchev–Trinajstić information content (AvgIpc) is 2.33. The summed E-state index contributed by atoms with van der Waals surface area (Å²) in [5, 5.41) is 9.22. The van der Waals surface area contributed by atoms with Crippen molar-refractivity contribution in [1.82, 2.24) is 9.88 Å². The molecule has 0 fully saturated rings. The Bertz CT molecular complexity index is 448. The van der Waals surface area contributed by atoms with E-state index in [1.807, 2.05) is 14.1 Å². The predicted molar refractivity (Wildman–Crippen MR) is 79.0 cm³/mol. The summed E-state index contributed by atoms with van der Waals surface area (Å²) in [7, 11) is 4.07. The quantitative estimate of drug-likeness (QED) is 0.841. The monoisotopic (exact) mass is 261 g/mol. The third-order valence-electron chi connectivity index (χ3n) is 2.71. The molecule has 0 unspecified atom stereocenters. The molecule has 0 saturated heterocycles. The first kappa shape index (κ1) is 15.3. The van der Waals surface area contributed by atoms with Gasteiger partial charge in [0.05, 0.1) is 17.4 Å². The van der Waals surface area contributed by atoms with Crippen LogP contribution in [0.3, 0.4) is 0 Å². The molecule has 1 aromatic heterocycles. The van der Waals surface area contributed by atoms with Crippen molar-refractivity contribution in [3.8, 4) is 6.07 Å². The molecule has 1 heterocycles. The summed E-state index contributed by atoms with van der Waals surface area (Å²) in [4.78, 5) is 8.62. The number of nitrogen functional groups attached to an aromatic ring is 1. The van der Waals surface area contributed by atoms with E-state index in [2.05, 4.69) is 34.7 Å². The number of rotatable bonds is 6. The van der Waals surface area contributed by atoms with Crippen LogP contribution in [0.2, 0.25) is 0 Å². The van der Waals surface area contributed by atoms with Crippen LogP contribution in [0.15, 0.2) is 12.3 Å². The number of nitrogens with two attached hydrogens (primary N) is 1. The summed E-state index contributed by atoms with van der Waals surface area (Å²) in [6.07, 6.45) is 1.61. The van der Waals surface area contributed by atoms with Crippen LogP contribution in [0.25, 0.3) is 0 Å². The second kappa shape index (κ2) is 6.95. The lowest BCUT2D eigenvalue weighted by Crippen LogP contribution is -2.35. The Balaban J connectivity index is 2.99. The first-order valence-electron chi connectivity index (χ1n) is 6.49. The molecule has 5 heteroatoms. The molecular weight excluding hydrogens is 238 g/mol. The van der Waals surface area contributed by atoms with Crippen molar-refractivity contribution in [3.63, 3.8) is 0 Å². The van der Waals surface area contributed by atoms with E-state index < -0.39 is 0 Å². The van der Waals surface area contributed by atoms with Crippen LogP contribution in [0.4, 0.5) is 11.5 Å². The zero-order chi connectivity index (χ0) is 14.4. The standard InChI is InChI=1S/C14H23N5/c1-11(2)10-19(6-5-18(3)4)14-12(8-15)7-13(16)9-17-14/h7,9,11H,5-6,10,16H2,1-4H3. The van der Waals surface area contributed by atoms with Crippen LogP contribution in [0.5, 0.6) is 0 Å². The van der Waals surface area contributed by atoms with Gasteiger partial charge in [0, 0.05) is 19.6 Å². The molecule has 0 aromatic carbocycles. The maximum absolute atomic E-state index is 9.22. The molecule has 0 radical (unpaired) electrons. The van der Waals surface area contributed by atoms with Gasteiger partial charge in [0.2, 0.25) is 0 Å². The highest BCUT2D eigenvalue weighted by Gasteiger charge is 2.14. The lowest BCUT2D eigenvalue weighted by molar-refractivity contribution is 0.408. The first-order chi connectivity index (χ1) is 8.93. The normalized spacial score (nSPS) is 10.8. The van der Waals surface area contributed by atoms with Gasteiger partial charge in [-0.1, -0.05) is 13.8 Å². The van der Waals surface area contributed by atoms with E-state index in [9.17, 15) is 5.26 Å². The van der Waals surface area contributed by atoms with E-state index >= 15 is 0 Å². The van der Waals surface area contributed by atoms with Crippen LogP contribution in [-0.4, -0.2) is 43.6 Å². The minimum atomic E-state index is 0.507. The number of nitrogens with zero attached hydrogens (tertiary/aromatic N) is 4. The molecule has 104 valence electrons. The number of anilines is 2. The molecule has 5 nitrogen and oxygen atoms in total. The van der Waals surface area contributed by atoms with Gasteiger partial charge in [0.1, 0.15) is 11.9 Å². The summed E-state index contributed by atoms with van der Waals surface area (Å²) >= 11 is 0. The molecule has 19 heavy (non-hydrogen) atoms. The number of nitriles is 1. The van der Waals surface area contributed by atoms with Crippen molar-refractivity contribution in [2.24, 2.45) is 5.92 Å². The third kappa shape index (κ3) is 4.76. The van der Waals surface area contributed by atoms with Gasteiger partial charge in [-0.3, -0.25) is 0 Å². The van der Waals surface area contributed by atoms with Crippen molar-refractivity contribution in [2.75, 3.05) is 44.4 Å². The summed E-state index contributed by atoms with van der Waals surface area (Å²) in [6, 6.07) is 3.87. The lowest BCUT2D eigenvalue weighted by atomic mass is 10.2.